The minimum Gasteiger partial charge on any atom is -0.355 e. The quantitative estimate of drug-likeness (QED) is 0.557. The molecule has 190 valence electrons. The Morgan fingerprint density at radius 3 is 2.64 bits per heavy atom. The Kier molecular flexibility index (Phi) is 6.06. The highest BCUT2D eigenvalue weighted by Crippen LogP contribution is 2.41. The maximum absolute atomic E-state index is 14.1. The molecule has 0 bridgehead atoms. The van der Waals surface area contributed by atoms with Crippen LogP contribution in [0.4, 0.5) is 24.5 Å². The van der Waals surface area contributed by atoms with Crippen LogP contribution in [0.25, 0.3) is 5.65 Å². The third-order valence-electron chi connectivity index (χ3n) is 6.91. The predicted octanol–water partition coefficient (Wildman–Crippen LogP) is 4.23. The van der Waals surface area contributed by atoms with Gasteiger partial charge in [-0.15, -0.1) is 0 Å². The number of nitrogens with zero attached hydrogens (tertiary/aromatic N) is 5. The van der Waals surface area contributed by atoms with Crippen LogP contribution in [0.2, 0.25) is 5.15 Å². The van der Waals surface area contributed by atoms with E-state index in [0.717, 1.165) is 24.8 Å². The smallest absolute Gasteiger partial charge is 0.355 e. The number of hydrogen-bond acceptors (Lipinski definition) is 5. The highest BCUT2D eigenvalue weighted by Gasteiger charge is 2.47. The van der Waals surface area contributed by atoms with Crippen LogP contribution in [0.15, 0.2) is 36.5 Å². The van der Waals surface area contributed by atoms with E-state index in [1.54, 1.807) is 28.9 Å². The van der Waals surface area contributed by atoms with Gasteiger partial charge in [-0.1, -0.05) is 30.7 Å². The average molecular weight is 521 g/mol. The van der Waals surface area contributed by atoms with Crippen molar-refractivity contribution in [3.63, 3.8) is 0 Å². The van der Waals surface area contributed by atoms with E-state index in [1.165, 1.54) is 12.1 Å². The number of hydrogen-bond donors (Lipinski definition) is 1. The normalized spacial score (nSPS) is 20.8. The van der Waals surface area contributed by atoms with Crippen LogP contribution in [-0.2, 0) is 9.59 Å². The summed E-state index contributed by atoms with van der Waals surface area (Å²) >= 11 is 6.08. The first-order chi connectivity index (χ1) is 17.0. The summed E-state index contributed by atoms with van der Waals surface area (Å²) in [7, 11) is 1.13. The Morgan fingerprint density at radius 2 is 2.00 bits per heavy atom. The maximum Gasteiger partial charge on any atom is 0.413 e. The topological polar surface area (TPSA) is 82.8 Å². The number of rotatable bonds is 4. The van der Waals surface area contributed by atoms with Crippen LogP contribution in [0.3, 0.4) is 0 Å². The molecular formula is C24H24ClF3N6O2. The van der Waals surface area contributed by atoms with Gasteiger partial charge in [0.2, 0.25) is 11.8 Å². The molecule has 8 nitrogen and oxygen atoms in total. The molecule has 2 aliphatic heterocycles. The number of alkyl halides is 3. The van der Waals surface area contributed by atoms with E-state index < -0.39 is 24.0 Å². The third kappa shape index (κ3) is 4.25. The van der Waals surface area contributed by atoms with Crippen molar-refractivity contribution in [1.82, 2.24) is 24.8 Å². The van der Waals surface area contributed by atoms with E-state index in [4.69, 9.17) is 11.6 Å². The summed E-state index contributed by atoms with van der Waals surface area (Å²) in [6, 6.07) is 5.57. The molecule has 1 fully saturated rings. The molecule has 0 saturated carbocycles. The van der Waals surface area contributed by atoms with Gasteiger partial charge in [-0.05, 0) is 24.1 Å². The average Bonchev–Trinajstić information content (AvgIpc) is 3.43. The Hall–Kier alpha value is -3.34. The van der Waals surface area contributed by atoms with Gasteiger partial charge in [0.15, 0.2) is 16.8 Å². The van der Waals surface area contributed by atoms with Gasteiger partial charge in [-0.25, -0.2) is 9.50 Å². The Bertz CT molecular complexity index is 1330. The Morgan fingerprint density at radius 1 is 1.28 bits per heavy atom. The predicted molar refractivity (Wildman–Crippen MR) is 127 cm³/mol. The fraction of sp³-hybridized carbons (Fsp3) is 0.417. The van der Waals surface area contributed by atoms with Gasteiger partial charge in [0, 0.05) is 44.2 Å². The van der Waals surface area contributed by atoms with Crippen molar-refractivity contribution >= 4 is 40.4 Å². The third-order valence-corrected chi connectivity index (χ3v) is 7.09. The van der Waals surface area contributed by atoms with Crippen molar-refractivity contribution in [2.24, 2.45) is 5.92 Å². The lowest BCUT2D eigenvalue weighted by molar-refractivity contribution is -0.190. The lowest BCUT2D eigenvalue weighted by atomic mass is 9.96. The number of amides is 2. The van der Waals surface area contributed by atoms with Crippen molar-refractivity contribution in [2.75, 3.05) is 25.0 Å². The van der Waals surface area contributed by atoms with Crippen molar-refractivity contribution in [2.45, 2.75) is 37.9 Å². The zero-order chi connectivity index (χ0) is 25.8. The molecule has 0 aliphatic carbocycles. The first kappa shape index (κ1) is 24.4. The number of anilines is 2. The molecule has 1 saturated heterocycles. The van der Waals surface area contributed by atoms with Gasteiger partial charge in [-0.3, -0.25) is 9.59 Å². The van der Waals surface area contributed by atoms with E-state index in [-0.39, 0.29) is 30.4 Å². The first-order valence-corrected chi connectivity index (χ1v) is 11.9. The van der Waals surface area contributed by atoms with Gasteiger partial charge >= 0.3 is 6.18 Å². The number of nitrogens with one attached hydrogen (secondary N) is 1. The van der Waals surface area contributed by atoms with Crippen molar-refractivity contribution in [3.05, 3.63) is 52.9 Å². The summed E-state index contributed by atoms with van der Waals surface area (Å²) in [5.74, 6) is -1.68. The zero-order valence-corrected chi connectivity index (χ0v) is 20.3. The van der Waals surface area contributed by atoms with E-state index in [0.29, 0.717) is 27.9 Å². The molecule has 0 radical (unpaired) electrons. The number of carbonyl (C=O) groups excluding carboxylic acids is 2. The fourth-order valence-corrected chi connectivity index (χ4v) is 5.27. The van der Waals surface area contributed by atoms with Crippen LogP contribution in [0.1, 0.15) is 43.0 Å². The van der Waals surface area contributed by atoms with Gasteiger partial charge in [0.25, 0.3) is 0 Å². The summed E-state index contributed by atoms with van der Waals surface area (Å²) < 4.78 is 44.0. The molecule has 2 aliphatic rings. The maximum atomic E-state index is 14.1. The minimum absolute atomic E-state index is 0.0427. The minimum atomic E-state index is -4.69. The molecule has 4 heterocycles. The Balaban J connectivity index is 1.46. The molecule has 2 aromatic heterocycles. The van der Waals surface area contributed by atoms with Crippen LogP contribution in [0.5, 0.6) is 0 Å². The van der Waals surface area contributed by atoms with Gasteiger partial charge in [0.05, 0.1) is 23.5 Å². The number of halogens is 4. The molecule has 1 aromatic carbocycles. The molecule has 1 N–H and O–H groups in total. The van der Waals surface area contributed by atoms with Crippen LogP contribution in [-0.4, -0.2) is 57.6 Å². The Labute approximate surface area is 210 Å². The van der Waals surface area contributed by atoms with Crippen LogP contribution < -0.4 is 10.2 Å². The second-order valence-electron chi connectivity index (χ2n) is 9.30. The molecular weight excluding hydrogens is 497 g/mol. The molecule has 0 unspecified atom stereocenters. The van der Waals surface area contributed by atoms with Crippen LogP contribution in [0, 0.1) is 5.92 Å². The molecule has 3 aromatic rings. The van der Waals surface area contributed by atoms with E-state index in [9.17, 15) is 22.8 Å². The summed E-state index contributed by atoms with van der Waals surface area (Å²) in [6.45, 7) is 2.78. The number of aromatic nitrogens is 3. The second kappa shape index (κ2) is 8.95. The lowest BCUT2D eigenvalue weighted by Crippen LogP contribution is -2.43. The van der Waals surface area contributed by atoms with Crippen molar-refractivity contribution in [3.8, 4) is 0 Å². The summed E-state index contributed by atoms with van der Waals surface area (Å²) in [4.78, 5) is 31.3. The summed E-state index contributed by atoms with van der Waals surface area (Å²) in [5, 5.41) is 7.18. The molecule has 36 heavy (non-hydrogen) atoms. The largest absolute Gasteiger partial charge is 0.413 e. The number of benzene rings is 1. The van der Waals surface area contributed by atoms with E-state index >= 15 is 0 Å². The monoisotopic (exact) mass is 520 g/mol. The van der Waals surface area contributed by atoms with Gasteiger partial charge < -0.3 is 15.1 Å². The van der Waals surface area contributed by atoms with Gasteiger partial charge in [-0.2, -0.15) is 18.3 Å². The number of carbonyl (C=O) groups is 2. The first-order valence-electron chi connectivity index (χ1n) is 11.6. The summed E-state index contributed by atoms with van der Waals surface area (Å²) in [5.41, 5.74) is 3.01. The summed E-state index contributed by atoms with van der Waals surface area (Å²) in [6.07, 6.45) is -2.26. The van der Waals surface area contributed by atoms with Crippen molar-refractivity contribution < 1.29 is 22.8 Å². The lowest BCUT2D eigenvalue weighted by Gasteiger charge is -2.35. The molecule has 0 spiro atoms. The van der Waals surface area contributed by atoms with Crippen LogP contribution >= 0.6 is 11.6 Å². The number of fused-ring (bicyclic) bond motifs is 3. The fourth-order valence-electron chi connectivity index (χ4n) is 5.10. The highest BCUT2D eigenvalue weighted by molar-refractivity contribution is 6.29. The molecule has 12 heteroatoms. The molecule has 3 atom stereocenters. The van der Waals surface area contributed by atoms with Gasteiger partial charge in [0.1, 0.15) is 0 Å². The standard InChI is InChI=1S/C24H24ClF3N6O2/c1-13-7-8-33(17-12-29-19-10-18(25)31-34(19)21(13)17)16-5-3-14(4-6-16)22(24(26,27)28)32(2)23(36)15-9-20(35)30-11-15/h3-6,10,12-13,15,22H,7-9,11H2,1-2H3,(H,30,35)/t13-,15-,22+/m1/s1. The van der Waals surface area contributed by atoms with Crippen molar-refractivity contribution in [1.29, 1.82) is 0 Å². The zero-order valence-electron chi connectivity index (χ0n) is 19.6. The highest BCUT2D eigenvalue weighted by atomic mass is 35.5. The second-order valence-corrected chi connectivity index (χ2v) is 9.68. The van der Waals surface area contributed by atoms with E-state index in [2.05, 4.69) is 22.3 Å². The molecule has 2 amide bonds. The molecule has 5 rings (SSSR count). The van der Waals surface area contributed by atoms with E-state index in [1.807, 2.05) is 4.90 Å². The SMILES string of the molecule is C[C@@H]1CCN(c2ccc([C@H](N(C)C(=O)[C@H]3CNC(=O)C3)C(F)(F)F)cc2)c2cnc3cc(Cl)nn3c21.